The van der Waals surface area contributed by atoms with E-state index >= 15 is 0 Å². The first kappa shape index (κ1) is 13.5. The molecule has 1 amide bonds. The molecule has 1 heterocycles. The van der Waals surface area contributed by atoms with Gasteiger partial charge in [-0.15, -0.1) is 0 Å². The lowest BCUT2D eigenvalue weighted by molar-refractivity contribution is -0.118. The first-order valence-corrected chi connectivity index (χ1v) is 6.84. The maximum absolute atomic E-state index is 11.5. The Morgan fingerprint density at radius 3 is 2.47 bits per heavy atom. The predicted molar refractivity (Wildman–Crippen MR) is 65.3 cm³/mol. The number of nitrogens with zero attached hydrogens (tertiary/aromatic N) is 1. The van der Waals surface area contributed by atoms with Gasteiger partial charge < -0.3 is 4.74 Å². The minimum absolute atomic E-state index is 0.0720. The van der Waals surface area contributed by atoms with Crippen LogP contribution in [0, 0.1) is 0 Å². The topological polar surface area (TPSA) is 92.8 Å². The van der Waals surface area contributed by atoms with Crippen molar-refractivity contribution in [3.05, 3.63) is 35.4 Å². The summed E-state index contributed by atoms with van der Waals surface area (Å²) in [5.74, 6) is -1.01. The quantitative estimate of drug-likeness (QED) is 0.766. The number of methoxy groups -OCH3 is 1. The molecule has 1 aliphatic rings. The van der Waals surface area contributed by atoms with Gasteiger partial charge in [0, 0.05) is 6.54 Å². The van der Waals surface area contributed by atoms with E-state index in [9.17, 15) is 18.0 Å². The first-order valence-electron chi connectivity index (χ1n) is 5.40. The summed E-state index contributed by atoms with van der Waals surface area (Å²) in [4.78, 5) is 22.3. The highest BCUT2D eigenvalue weighted by Crippen LogP contribution is 2.13. The largest absolute Gasteiger partial charge is 0.465 e. The Morgan fingerprint density at radius 2 is 2.00 bits per heavy atom. The van der Waals surface area contributed by atoms with E-state index in [0.29, 0.717) is 11.1 Å². The molecule has 2 rings (SSSR count). The average Bonchev–Trinajstić information content (AvgIpc) is 2.62. The molecule has 0 aliphatic carbocycles. The van der Waals surface area contributed by atoms with Crippen molar-refractivity contribution in [1.82, 2.24) is 9.03 Å². The molecule has 0 unspecified atom stereocenters. The number of esters is 1. The van der Waals surface area contributed by atoms with Crippen LogP contribution in [0.4, 0.5) is 0 Å². The number of ether oxygens (including phenoxy) is 1. The number of hydrogen-bond acceptors (Lipinski definition) is 5. The molecule has 1 aromatic rings. The smallest absolute Gasteiger partial charge is 0.337 e. The van der Waals surface area contributed by atoms with Gasteiger partial charge in [0.1, 0.15) is 0 Å². The molecular weight excluding hydrogens is 272 g/mol. The molecule has 8 heteroatoms. The Hall–Kier alpha value is -1.93. The zero-order valence-electron chi connectivity index (χ0n) is 10.1. The van der Waals surface area contributed by atoms with E-state index in [-0.39, 0.29) is 13.1 Å². The summed E-state index contributed by atoms with van der Waals surface area (Å²) in [6.07, 6.45) is 0. The molecular formula is C11H12N2O5S. The second kappa shape index (κ2) is 4.98. The zero-order chi connectivity index (χ0) is 14.0. The summed E-state index contributed by atoms with van der Waals surface area (Å²) in [7, 11) is -2.44. The van der Waals surface area contributed by atoms with E-state index in [4.69, 9.17) is 0 Å². The summed E-state index contributed by atoms with van der Waals surface area (Å²) in [6, 6.07) is 6.31. The van der Waals surface area contributed by atoms with E-state index in [0.717, 1.165) is 4.31 Å². The highest BCUT2D eigenvalue weighted by molar-refractivity contribution is 7.88. The van der Waals surface area contributed by atoms with Gasteiger partial charge in [-0.2, -0.15) is 12.7 Å². The lowest BCUT2D eigenvalue weighted by Crippen LogP contribution is -2.29. The van der Waals surface area contributed by atoms with Gasteiger partial charge in [0.05, 0.1) is 19.2 Å². The van der Waals surface area contributed by atoms with Crippen LogP contribution in [0.25, 0.3) is 0 Å². The van der Waals surface area contributed by atoms with Crippen LogP contribution in [0.5, 0.6) is 0 Å². The Bertz CT molecular complexity index is 608. The van der Waals surface area contributed by atoms with Gasteiger partial charge in [-0.05, 0) is 17.7 Å². The van der Waals surface area contributed by atoms with Gasteiger partial charge in [-0.1, -0.05) is 12.1 Å². The highest BCUT2D eigenvalue weighted by Gasteiger charge is 2.33. The number of rotatable bonds is 3. The summed E-state index contributed by atoms with van der Waals surface area (Å²) in [5, 5.41) is 0. The third-order valence-electron chi connectivity index (χ3n) is 2.64. The Balaban J connectivity index is 2.12. The molecule has 0 radical (unpaired) electrons. The fourth-order valence-electron chi connectivity index (χ4n) is 1.69. The van der Waals surface area contributed by atoms with Crippen LogP contribution in [-0.2, 0) is 26.3 Å². The van der Waals surface area contributed by atoms with Crippen molar-refractivity contribution in [2.45, 2.75) is 6.54 Å². The van der Waals surface area contributed by atoms with Gasteiger partial charge in [0.2, 0.25) is 5.91 Å². The minimum Gasteiger partial charge on any atom is -0.465 e. The molecule has 1 aromatic carbocycles. The van der Waals surface area contributed by atoms with Crippen molar-refractivity contribution in [2.24, 2.45) is 0 Å². The van der Waals surface area contributed by atoms with Gasteiger partial charge in [0.15, 0.2) is 0 Å². The van der Waals surface area contributed by atoms with Crippen LogP contribution in [0.1, 0.15) is 15.9 Å². The molecule has 19 heavy (non-hydrogen) atoms. The molecule has 0 atom stereocenters. The zero-order valence-corrected chi connectivity index (χ0v) is 10.9. The Labute approximate surface area is 110 Å². The average molecular weight is 284 g/mol. The molecule has 1 saturated heterocycles. The SMILES string of the molecule is COC(=O)c1ccc(CN2CC(=O)NS2(=O)=O)cc1. The maximum Gasteiger partial charge on any atom is 0.337 e. The van der Waals surface area contributed by atoms with Gasteiger partial charge in [0.25, 0.3) is 0 Å². The number of carbonyl (C=O) groups excluding carboxylic acids is 2. The van der Waals surface area contributed by atoms with Crippen molar-refractivity contribution in [3.63, 3.8) is 0 Å². The molecule has 102 valence electrons. The van der Waals surface area contributed by atoms with Gasteiger partial charge >= 0.3 is 16.2 Å². The Kier molecular flexibility index (Phi) is 3.54. The number of carbonyl (C=O) groups is 2. The summed E-state index contributed by atoms with van der Waals surface area (Å²) in [5.41, 5.74) is 1.05. The van der Waals surface area contributed by atoms with Gasteiger partial charge in [-0.3, -0.25) is 4.79 Å². The molecule has 0 aromatic heterocycles. The monoisotopic (exact) mass is 284 g/mol. The van der Waals surface area contributed by atoms with E-state index in [2.05, 4.69) is 4.74 Å². The van der Waals surface area contributed by atoms with E-state index < -0.39 is 22.1 Å². The van der Waals surface area contributed by atoms with Crippen LogP contribution in [-0.4, -0.2) is 38.3 Å². The third kappa shape index (κ3) is 2.91. The van der Waals surface area contributed by atoms with E-state index in [1.807, 2.05) is 4.72 Å². The molecule has 1 N–H and O–H groups in total. The standard InChI is InChI=1S/C11H12N2O5S/c1-18-11(15)9-4-2-8(3-5-9)6-13-7-10(14)12-19(13,16)17/h2-5H,6-7H2,1H3,(H,12,14). The number of amides is 1. The maximum atomic E-state index is 11.5. The lowest BCUT2D eigenvalue weighted by atomic mass is 10.1. The highest BCUT2D eigenvalue weighted by atomic mass is 32.2. The summed E-state index contributed by atoms with van der Waals surface area (Å²) >= 11 is 0. The number of nitrogens with one attached hydrogen (secondary N) is 1. The van der Waals surface area contributed by atoms with Crippen molar-refractivity contribution < 1.29 is 22.7 Å². The Morgan fingerprint density at radius 1 is 1.37 bits per heavy atom. The molecule has 0 bridgehead atoms. The molecule has 1 aliphatic heterocycles. The van der Waals surface area contributed by atoms with Crippen molar-refractivity contribution in [3.8, 4) is 0 Å². The van der Waals surface area contributed by atoms with Crippen LogP contribution in [0.15, 0.2) is 24.3 Å². The molecule has 1 fully saturated rings. The van der Waals surface area contributed by atoms with E-state index in [1.54, 1.807) is 24.3 Å². The van der Waals surface area contributed by atoms with Crippen molar-refractivity contribution >= 4 is 22.1 Å². The molecule has 0 saturated carbocycles. The normalized spacial score (nSPS) is 18.1. The van der Waals surface area contributed by atoms with Crippen LogP contribution in [0.3, 0.4) is 0 Å². The first-order chi connectivity index (χ1) is 8.92. The summed E-state index contributed by atoms with van der Waals surface area (Å²) in [6.45, 7) is -0.121. The van der Waals surface area contributed by atoms with Crippen molar-refractivity contribution in [1.29, 1.82) is 0 Å². The fraction of sp³-hybridized carbons (Fsp3) is 0.273. The predicted octanol–water partition coefficient (Wildman–Crippen LogP) is -0.350. The second-order valence-electron chi connectivity index (χ2n) is 3.99. The second-order valence-corrected chi connectivity index (χ2v) is 5.66. The van der Waals surface area contributed by atoms with Crippen LogP contribution in [0.2, 0.25) is 0 Å². The van der Waals surface area contributed by atoms with Gasteiger partial charge in [-0.25, -0.2) is 9.52 Å². The lowest BCUT2D eigenvalue weighted by Gasteiger charge is -2.12. The van der Waals surface area contributed by atoms with Crippen LogP contribution < -0.4 is 4.72 Å². The molecule has 7 nitrogen and oxygen atoms in total. The number of hydrogen-bond donors (Lipinski definition) is 1. The third-order valence-corrected chi connectivity index (χ3v) is 4.06. The molecule has 0 spiro atoms. The van der Waals surface area contributed by atoms with Crippen molar-refractivity contribution in [2.75, 3.05) is 13.7 Å². The van der Waals surface area contributed by atoms with E-state index in [1.165, 1.54) is 7.11 Å². The number of benzene rings is 1. The fourth-order valence-corrected chi connectivity index (χ4v) is 2.78. The minimum atomic E-state index is -3.72. The summed E-state index contributed by atoms with van der Waals surface area (Å²) < 4.78 is 30.5. The van der Waals surface area contributed by atoms with Crippen LogP contribution >= 0.6 is 0 Å².